The predicted octanol–water partition coefficient (Wildman–Crippen LogP) is 1.88. The van der Waals surface area contributed by atoms with Crippen LogP contribution in [0.3, 0.4) is 0 Å². The molecule has 0 spiro atoms. The summed E-state index contributed by atoms with van der Waals surface area (Å²) in [6.45, 7) is 5.28. The van der Waals surface area contributed by atoms with E-state index in [9.17, 15) is 9.18 Å². The molecule has 1 amide bonds. The van der Waals surface area contributed by atoms with Gasteiger partial charge in [-0.3, -0.25) is 15.0 Å². The molecule has 1 aromatic heterocycles. The number of hydrogen-bond acceptors (Lipinski definition) is 5. The van der Waals surface area contributed by atoms with Gasteiger partial charge in [-0.25, -0.2) is 4.39 Å². The third-order valence-electron chi connectivity index (χ3n) is 3.82. The maximum Gasteiger partial charge on any atom is 0.240 e. The molecule has 1 N–H and O–H groups in total. The number of nitrogens with zero attached hydrogens (tertiary/aromatic N) is 3. The molecule has 2 heterocycles. The topological polar surface area (TPSA) is 61.6 Å². The summed E-state index contributed by atoms with van der Waals surface area (Å²) >= 11 is 0. The monoisotopic (exact) mass is 318 g/mol. The van der Waals surface area contributed by atoms with Crippen LogP contribution in [0, 0.1) is 12.7 Å². The van der Waals surface area contributed by atoms with E-state index in [4.69, 9.17) is 4.52 Å². The molecule has 2 aromatic rings. The smallest absolute Gasteiger partial charge is 0.240 e. The van der Waals surface area contributed by atoms with Gasteiger partial charge < -0.3 is 9.42 Å². The van der Waals surface area contributed by atoms with Gasteiger partial charge in [0.2, 0.25) is 11.8 Å². The molecule has 0 radical (unpaired) electrons. The van der Waals surface area contributed by atoms with Gasteiger partial charge in [0, 0.05) is 37.9 Å². The normalized spacial score (nSPS) is 15.7. The standard InChI is InChI=1S/C16H19FN4O2/c1-12-10-16(23-19-12)18-15(22)11-20-6-8-21(9-7-20)14-4-2-13(17)3-5-14/h2-5,10H,6-9,11H2,1H3,(H,18,22). The Bertz CT molecular complexity index is 663. The Morgan fingerprint density at radius 1 is 1.26 bits per heavy atom. The zero-order chi connectivity index (χ0) is 16.2. The maximum atomic E-state index is 13.0. The summed E-state index contributed by atoms with van der Waals surface area (Å²) in [5.41, 5.74) is 1.74. The number of aromatic nitrogens is 1. The molecule has 3 rings (SSSR count). The van der Waals surface area contributed by atoms with Gasteiger partial charge in [-0.15, -0.1) is 0 Å². The van der Waals surface area contributed by atoms with Crippen LogP contribution < -0.4 is 10.2 Å². The molecule has 0 aliphatic carbocycles. The number of benzene rings is 1. The molecule has 1 aromatic carbocycles. The van der Waals surface area contributed by atoms with Gasteiger partial charge in [-0.2, -0.15) is 0 Å². The molecular weight excluding hydrogens is 299 g/mol. The molecule has 6 nitrogen and oxygen atoms in total. The van der Waals surface area contributed by atoms with E-state index in [1.807, 2.05) is 0 Å². The molecule has 122 valence electrons. The van der Waals surface area contributed by atoms with Crippen molar-refractivity contribution in [2.24, 2.45) is 0 Å². The van der Waals surface area contributed by atoms with Crippen LogP contribution >= 0.6 is 0 Å². The fraction of sp³-hybridized carbons (Fsp3) is 0.375. The molecule has 0 saturated carbocycles. The molecule has 0 bridgehead atoms. The number of hydrogen-bond donors (Lipinski definition) is 1. The number of rotatable bonds is 4. The number of carbonyl (C=O) groups excluding carboxylic acids is 1. The van der Waals surface area contributed by atoms with Crippen molar-refractivity contribution in [2.45, 2.75) is 6.92 Å². The lowest BCUT2D eigenvalue weighted by Gasteiger charge is -2.35. The van der Waals surface area contributed by atoms with Crippen molar-refractivity contribution >= 4 is 17.5 Å². The van der Waals surface area contributed by atoms with E-state index in [0.717, 1.165) is 37.6 Å². The molecule has 1 aliphatic heterocycles. The second-order valence-electron chi connectivity index (χ2n) is 5.62. The zero-order valence-corrected chi connectivity index (χ0v) is 13.0. The minimum Gasteiger partial charge on any atom is -0.369 e. The number of nitrogens with one attached hydrogen (secondary N) is 1. The van der Waals surface area contributed by atoms with Gasteiger partial charge in [0.1, 0.15) is 5.82 Å². The summed E-state index contributed by atoms with van der Waals surface area (Å²) in [5, 5.41) is 6.42. The van der Waals surface area contributed by atoms with Gasteiger partial charge in [0.25, 0.3) is 0 Å². The van der Waals surface area contributed by atoms with E-state index < -0.39 is 0 Å². The van der Waals surface area contributed by atoms with Crippen molar-refractivity contribution in [1.82, 2.24) is 10.1 Å². The van der Waals surface area contributed by atoms with Crippen molar-refractivity contribution in [3.05, 3.63) is 41.8 Å². The first-order valence-corrected chi connectivity index (χ1v) is 7.56. The average molecular weight is 318 g/mol. The highest BCUT2D eigenvalue weighted by Crippen LogP contribution is 2.17. The molecule has 0 atom stereocenters. The van der Waals surface area contributed by atoms with E-state index in [1.165, 1.54) is 12.1 Å². The maximum absolute atomic E-state index is 13.0. The Balaban J connectivity index is 1.47. The van der Waals surface area contributed by atoms with Gasteiger partial charge in [0.15, 0.2) is 0 Å². The fourth-order valence-electron chi connectivity index (χ4n) is 2.62. The largest absolute Gasteiger partial charge is 0.369 e. The van der Waals surface area contributed by atoms with Gasteiger partial charge in [-0.1, -0.05) is 5.16 Å². The first kappa shape index (κ1) is 15.5. The lowest BCUT2D eigenvalue weighted by molar-refractivity contribution is -0.117. The molecule has 0 unspecified atom stereocenters. The summed E-state index contributed by atoms with van der Waals surface area (Å²) in [4.78, 5) is 16.3. The number of carbonyl (C=O) groups is 1. The number of amides is 1. The minimum atomic E-state index is -0.230. The van der Waals surface area contributed by atoms with Gasteiger partial charge in [0.05, 0.1) is 12.2 Å². The molecular formula is C16H19FN4O2. The predicted molar refractivity (Wildman–Crippen MR) is 84.9 cm³/mol. The van der Waals surface area contributed by atoms with Crippen LogP contribution in [-0.4, -0.2) is 48.7 Å². The SMILES string of the molecule is Cc1cc(NC(=O)CN2CCN(c3ccc(F)cc3)CC2)on1. The second kappa shape index (κ2) is 6.78. The van der Waals surface area contributed by atoms with Crippen molar-refractivity contribution < 1.29 is 13.7 Å². The third kappa shape index (κ3) is 4.07. The Morgan fingerprint density at radius 3 is 2.57 bits per heavy atom. The van der Waals surface area contributed by atoms with E-state index >= 15 is 0 Å². The number of anilines is 2. The van der Waals surface area contributed by atoms with Crippen LogP contribution in [0.2, 0.25) is 0 Å². The van der Waals surface area contributed by atoms with Crippen LogP contribution in [0.1, 0.15) is 5.69 Å². The second-order valence-corrected chi connectivity index (χ2v) is 5.62. The van der Waals surface area contributed by atoms with Crippen LogP contribution in [0.4, 0.5) is 16.0 Å². The summed E-state index contributed by atoms with van der Waals surface area (Å²) in [6.07, 6.45) is 0. The van der Waals surface area contributed by atoms with Crippen LogP contribution in [0.5, 0.6) is 0 Å². The summed E-state index contributed by atoms with van der Waals surface area (Å²) in [7, 11) is 0. The molecule has 1 saturated heterocycles. The van der Waals surface area contributed by atoms with Crippen molar-refractivity contribution in [3.63, 3.8) is 0 Å². The third-order valence-corrected chi connectivity index (χ3v) is 3.82. The lowest BCUT2D eigenvalue weighted by atomic mass is 10.2. The van der Waals surface area contributed by atoms with E-state index in [1.54, 1.807) is 25.1 Å². The van der Waals surface area contributed by atoms with Crippen molar-refractivity contribution in [3.8, 4) is 0 Å². The van der Waals surface area contributed by atoms with E-state index in [-0.39, 0.29) is 11.7 Å². The quantitative estimate of drug-likeness (QED) is 0.933. The van der Waals surface area contributed by atoms with E-state index in [0.29, 0.717) is 12.4 Å². The number of piperazine rings is 1. The van der Waals surface area contributed by atoms with Gasteiger partial charge >= 0.3 is 0 Å². The van der Waals surface area contributed by atoms with Crippen molar-refractivity contribution in [1.29, 1.82) is 0 Å². The summed E-state index contributed by atoms with van der Waals surface area (Å²) < 4.78 is 17.9. The zero-order valence-electron chi connectivity index (χ0n) is 13.0. The Hall–Kier alpha value is -2.41. The van der Waals surface area contributed by atoms with Gasteiger partial charge in [-0.05, 0) is 31.2 Å². The molecule has 1 aliphatic rings. The summed E-state index contributed by atoms with van der Waals surface area (Å²) in [5.74, 6) is 0.0283. The first-order chi connectivity index (χ1) is 11.1. The van der Waals surface area contributed by atoms with Crippen molar-refractivity contribution in [2.75, 3.05) is 42.9 Å². The minimum absolute atomic E-state index is 0.114. The van der Waals surface area contributed by atoms with Crippen LogP contribution in [0.25, 0.3) is 0 Å². The molecule has 1 fully saturated rings. The highest BCUT2D eigenvalue weighted by Gasteiger charge is 2.19. The summed E-state index contributed by atoms with van der Waals surface area (Å²) in [6, 6.07) is 8.18. The Morgan fingerprint density at radius 2 is 1.96 bits per heavy atom. The lowest BCUT2D eigenvalue weighted by Crippen LogP contribution is -2.48. The average Bonchev–Trinajstić information content (AvgIpc) is 2.94. The Kier molecular flexibility index (Phi) is 4.57. The number of aryl methyl sites for hydroxylation is 1. The molecule has 7 heteroatoms. The molecule has 23 heavy (non-hydrogen) atoms. The first-order valence-electron chi connectivity index (χ1n) is 7.56. The van der Waals surface area contributed by atoms with Crippen LogP contribution in [0.15, 0.2) is 34.9 Å². The fourth-order valence-corrected chi connectivity index (χ4v) is 2.62. The highest BCUT2D eigenvalue weighted by atomic mass is 19.1. The Labute approximate surface area is 133 Å². The van der Waals surface area contributed by atoms with Crippen LogP contribution in [-0.2, 0) is 4.79 Å². The number of halogens is 1. The van der Waals surface area contributed by atoms with E-state index in [2.05, 4.69) is 20.3 Å². The highest BCUT2D eigenvalue weighted by molar-refractivity contribution is 5.90.